The van der Waals surface area contributed by atoms with Gasteiger partial charge in [0.1, 0.15) is 0 Å². The van der Waals surface area contributed by atoms with Crippen molar-refractivity contribution in [3.8, 4) is 5.69 Å². The molecular formula is C13H13N5S. The molecule has 5 nitrogen and oxygen atoms in total. The van der Waals surface area contributed by atoms with Gasteiger partial charge in [-0.05, 0) is 46.5 Å². The number of tetrazole rings is 1. The van der Waals surface area contributed by atoms with Gasteiger partial charge < -0.3 is 5.32 Å². The molecule has 0 radical (unpaired) electrons. The molecule has 3 aromatic rings. The highest BCUT2D eigenvalue weighted by Crippen LogP contribution is 2.17. The molecule has 1 N–H and O–H groups in total. The molecule has 0 aliphatic rings. The third-order valence-electron chi connectivity index (χ3n) is 2.85. The van der Waals surface area contributed by atoms with Gasteiger partial charge in [-0.3, -0.25) is 0 Å². The lowest BCUT2D eigenvalue weighted by molar-refractivity contribution is 0.789. The summed E-state index contributed by atoms with van der Waals surface area (Å²) in [6, 6.07) is 11.9. The van der Waals surface area contributed by atoms with Crippen LogP contribution in [0.2, 0.25) is 0 Å². The summed E-state index contributed by atoms with van der Waals surface area (Å²) >= 11 is 1.73. The van der Waals surface area contributed by atoms with Gasteiger partial charge in [0.25, 0.3) is 0 Å². The molecule has 0 saturated carbocycles. The van der Waals surface area contributed by atoms with E-state index in [1.807, 2.05) is 30.3 Å². The van der Waals surface area contributed by atoms with E-state index in [9.17, 15) is 0 Å². The number of benzene rings is 1. The first-order chi connectivity index (χ1) is 9.34. The SMILES string of the molecule is Cc1ccsc1CNc1nnnn1-c1ccccc1. The highest BCUT2D eigenvalue weighted by molar-refractivity contribution is 7.10. The van der Waals surface area contributed by atoms with Gasteiger partial charge in [-0.1, -0.05) is 23.3 Å². The quantitative estimate of drug-likeness (QED) is 0.792. The lowest BCUT2D eigenvalue weighted by Gasteiger charge is -2.06. The molecule has 0 unspecified atom stereocenters. The highest BCUT2D eigenvalue weighted by atomic mass is 32.1. The maximum Gasteiger partial charge on any atom is 0.248 e. The largest absolute Gasteiger partial charge is 0.348 e. The molecule has 19 heavy (non-hydrogen) atoms. The van der Waals surface area contributed by atoms with Crippen LogP contribution in [0.4, 0.5) is 5.95 Å². The number of aromatic nitrogens is 4. The van der Waals surface area contributed by atoms with E-state index < -0.39 is 0 Å². The topological polar surface area (TPSA) is 55.6 Å². The number of hydrogen-bond acceptors (Lipinski definition) is 5. The molecule has 96 valence electrons. The van der Waals surface area contributed by atoms with Gasteiger partial charge in [0.05, 0.1) is 12.2 Å². The first-order valence-electron chi connectivity index (χ1n) is 5.95. The van der Waals surface area contributed by atoms with Crippen molar-refractivity contribution in [2.24, 2.45) is 0 Å². The monoisotopic (exact) mass is 271 g/mol. The van der Waals surface area contributed by atoms with Crippen molar-refractivity contribution < 1.29 is 0 Å². The van der Waals surface area contributed by atoms with Gasteiger partial charge in [-0.25, -0.2) is 0 Å². The molecule has 2 heterocycles. The predicted molar refractivity (Wildman–Crippen MR) is 75.5 cm³/mol. The first-order valence-corrected chi connectivity index (χ1v) is 6.83. The number of anilines is 1. The zero-order valence-corrected chi connectivity index (χ0v) is 11.3. The summed E-state index contributed by atoms with van der Waals surface area (Å²) in [6.45, 7) is 2.84. The van der Waals surface area contributed by atoms with Gasteiger partial charge in [0.15, 0.2) is 0 Å². The summed E-state index contributed by atoms with van der Waals surface area (Å²) in [5.74, 6) is 0.652. The van der Waals surface area contributed by atoms with Crippen LogP contribution < -0.4 is 5.32 Å². The summed E-state index contributed by atoms with van der Waals surface area (Å²) in [7, 11) is 0. The zero-order valence-electron chi connectivity index (χ0n) is 10.4. The van der Waals surface area contributed by atoms with Crippen LogP contribution >= 0.6 is 11.3 Å². The molecule has 2 aromatic heterocycles. The van der Waals surface area contributed by atoms with E-state index in [0.29, 0.717) is 5.95 Å². The highest BCUT2D eigenvalue weighted by Gasteiger charge is 2.08. The third-order valence-corrected chi connectivity index (χ3v) is 3.87. The molecule has 1 aromatic carbocycles. The summed E-state index contributed by atoms with van der Waals surface area (Å²) in [4.78, 5) is 1.29. The Morgan fingerprint density at radius 1 is 1.21 bits per heavy atom. The Bertz CT molecular complexity index is 658. The van der Waals surface area contributed by atoms with Gasteiger partial charge in [0, 0.05) is 4.88 Å². The first kappa shape index (κ1) is 11.9. The van der Waals surface area contributed by atoms with Crippen molar-refractivity contribution in [2.45, 2.75) is 13.5 Å². The Morgan fingerprint density at radius 2 is 2.05 bits per heavy atom. The van der Waals surface area contributed by atoms with Crippen molar-refractivity contribution in [1.29, 1.82) is 0 Å². The molecule has 3 rings (SSSR count). The molecule has 0 bridgehead atoms. The molecule has 0 aliphatic carbocycles. The van der Waals surface area contributed by atoms with Crippen LogP contribution in [-0.4, -0.2) is 20.2 Å². The predicted octanol–water partition coefficient (Wildman–Crippen LogP) is 2.64. The standard InChI is InChI=1S/C13H13N5S/c1-10-7-8-19-12(10)9-14-13-15-16-17-18(13)11-5-3-2-4-6-11/h2-8H,9H2,1H3,(H,14,15,17). The molecule has 0 fully saturated rings. The molecule has 0 spiro atoms. The number of hydrogen-bond donors (Lipinski definition) is 1. The zero-order chi connectivity index (χ0) is 13.1. The van der Waals surface area contributed by atoms with Gasteiger partial charge in [0.2, 0.25) is 5.95 Å². The molecule has 0 saturated heterocycles. The van der Waals surface area contributed by atoms with E-state index >= 15 is 0 Å². The van der Waals surface area contributed by atoms with Crippen LogP contribution in [0, 0.1) is 6.92 Å². The van der Waals surface area contributed by atoms with Crippen LogP contribution in [-0.2, 0) is 6.54 Å². The Labute approximate surface area is 114 Å². The summed E-state index contributed by atoms with van der Waals surface area (Å²) in [5, 5.41) is 17.1. The van der Waals surface area contributed by atoms with Gasteiger partial charge in [-0.2, -0.15) is 4.68 Å². The summed E-state index contributed by atoms with van der Waals surface area (Å²) < 4.78 is 1.70. The smallest absolute Gasteiger partial charge is 0.248 e. The Hall–Kier alpha value is -2.21. The van der Waals surface area contributed by atoms with E-state index in [2.05, 4.69) is 39.2 Å². The third kappa shape index (κ3) is 2.48. The van der Waals surface area contributed by atoms with E-state index in [0.717, 1.165) is 12.2 Å². The number of aryl methyl sites for hydroxylation is 1. The number of rotatable bonds is 4. The lowest BCUT2D eigenvalue weighted by Crippen LogP contribution is -2.07. The molecule has 0 aliphatic heterocycles. The minimum Gasteiger partial charge on any atom is -0.348 e. The van der Waals surface area contributed by atoms with Crippen LogP contribution in [0.1, 0.15) is 10.4 Å². The van der Waals surface area contributed by atoms with E-state index in [1.165, 1.54) is 10.4 Å². The number of para-hydroxylation sites is 1. The summed E-state index contributed by atoms with van der Waals surface area (Å²) in [6.07, 6.45) is 0. The van der Waals surface area contributed by atoms with Gasteiger partial charge in [-0.15, -0.1) is 11.3 Å². The van der Waals surface area contributed by atoms with E-state index in [-0.39, 0.29) is 0 Å². The number of nitrogens with zero attached hydrogens (tertiary/aromatic N) is 4. The van der Waals surface area contributed by atoms with Crippen LogP contribution in [0.5, 0.6) is 0 Å². The fraction of sp³-hybridized carbons (Fsp3) is 0.154. The second-order valence-corrected chi connectivity index (χ2v) is 5.13. The van der Waals surface area contributed by atoms with Crippen molar-refractivity contribution in [3.63, 3.8) is 0 Å². The molecular weight excluding hydrogens is 258 g/mol. The average Bonchev–Trinajstić information content (AvgIpc) is 3.06. The normalized spacial score (nSPS) is 10.6. The molecule has 6 heteroatoms. The second kappa shape index (κ2) is 5.19. The van der Waals surface area contributed by atoms with E-state index in [1.54, 1.807) is 16.0 Å². The van der Waals surface area contributed by atoms with Crippen molar-refractivity contribution in [2.75, 3.05) is 5.32 Å². The number of nitrogens with one attached hydrogen (secondary N) is 1. The maximum absolute atomic E-state index is 4.02. The Balaban J connectivity index is 1.80. The maximum atomic E-state index is 4.02. The van der Waals surface area contributed by atoms with Crippen molar-refractivity contribution >= 4 is 17.3 Å². The van der Waals surface area contributed by atoms with Crippen LogP contribution in [0.25, 0.3) is 5.69 Å². The number of thiophene rings is 1. The minimum absolute atomic E-state index is 0.652. The van der Waals surface area contributed by atoms with Crippen molar-refractivity contribution in [1.82, 2.24) is 20.2 Å². The van der Waals surface area contributed by atoms with Crippen LogP contribution in [0.3, 0.4) is 0 Å². The van der Waals surface area contributed by atoms with Crippen LogP contribution in [0.15, 0.2) is 41.8 Å². The molecule has 0 atom stereocenters. The lowest BCUT2D eigenvalue weighted by atomic mass is 10.3. The second-order valence-electron chi connectivity index (χ2n) is 4.13. The minimum atomic E-state index is 0.652. The Kier molecular flexibility index (Phi) is 3.24. The fourth-order valence-electron chi connectivity index (χ4n) is 1.78. The fourth-order valence-corrected chi connectivity index (χ4v) is 2.63. The average molecular weight is 271 g/mol. The molecule has 0 amide bonds. The van der Waals surface area contributed by atoms with E-state index in [4.69, 9.17) is 0 Å². The summed E-state index contributed by atoms with van der Waals surface area (Å²) in [5.41, 5.74) is 2.23. The van der Waals surface area contributed by atoms with Crippen molar-refractivity contribution in [3.05, 3.63) is 52.2 Å². The Morgan fingerprint density at radius 3 is 2.79 bits per heavy atom. The van der Waals surface area contributed by atoms with Gasteiger partial charge >= 0.3 is 0 Å².